The molecule has 0 spiro atoms. The molecule has 0 radical (unpaired) electrons. The van der Waals surface area contributed by atoms with Crippen molar-refractivity contribution in [3.8, 4) is 5.69 Å². The summed E-state index contributed by atoms with van der Waals surface area (Å²) in [5.74, 6) is 0.871. The van der Waals surface area contributed by atoms with Gasteiger partial charge in [0.1, 0.15) is 0 Å². The highest BCUT2D eigenvalue weighted by Gasteiger charge is 2.06. The average molecular weight is 539 g/mol. The molecule has 0 bridgehead atoms. The van der Waals surface area contributed by atoms with Crippen molar-refractivity contribution in [3.05, 3.63) is 63.9 Å². The highest BCUT2D eigenvalue weighted by Crippen LogP contribution is 2.13. The maximum atomic E-state index is 4.71. The van der Waals surface area contributed by atoms with Gasteiger partial charge in [-0.1, -0.05) is 18.2 Å². The summed E-state index contributed by atoms with van der Waals surface area (Å²) in [5.41, 5.74) is 4.60. The molecule has 0 saturated heterocycles. The third kappa shape index (κ3) is 7.39. The van der Waals surface area contributed by atoms with E-state index >= 15 is 0 Å². The molecular formula is C22H31IN6S. The minimum atomic E-state index is 0. The first-order valence-electron chi connectivity index (χ1n) is 10.2. The molecule has 162 valence electrons. The molecule has 30 heavy (non-hydrogen) atoms. The Hall–Kier alpha value is -1.94. The Balaban J connectivity index is 0.00000320. The van der Waals surface area contributed by atoms with Crippen LogP contribution in [0.15, 0.2) is 46.9 Å². The minimum absolute atomic E-state index is 0. The average Bonchev–Trinajstić information content (AvgIpc) is 3.31. The number of nitrogens with zero attached hydrogens (tertiary/aromatic N) is 4. The predicted octanol–water partition coefficient (Wildman–Crippen LogP) is 4.29. The molecular weight excluding hydrogens is 507 g/mol. The van der Waals surface area contributed by atoms with E-state index in [0.29, 0.717) is 0 Å². The number of guanidine groups is 1. The van der Waals surface area contributed by atoms with Gasteiger partial charge in [0.15, 0.2) is 5.96 Å². The largest absolute Gasteiger partial charge is 0.357 e. The zero-order chi connectivity index (χ0) is 20.5. The normalized spacial score (nSPS) is 11.2. The van der Waals surface area contributed by atoms with E-state index in [9.17, 15) is 0 Å². The Bertz CT molecular complexity index is 919. The molecule has 0 aliphatic heterocycles. The van der Waals surface area contributed by atoms with Crippen LogP contribution in [-0.2, 0) is 12.8 Å². The molecule has 0 amide bonds. The number of benzene rings is 1. The van der Waals surface area contributed by atoms with Crippen LogP contribution in [0, 0.1) is 13.8 Å². The highest BCUT2D eigenvalue weighted by molar-refractivity contribution is 14.0. The number of rotatable bonds is 9. The van der Waals surface area contributed by atoms with Gasteiger partial charge in [0.2, 0.25) is 0 Å². The molecule has 0 unspecified atom stereocenters. The van der Waals surface area contributed by atoms with E-state index in [0.717, 1.165) is 66.9 Å². The van der Waals surface area contributed by atoms with Crippen LogP contribution in [0.4, 0.5) is 0 Å². The van der Waals surface area contributed by atoms with Crippen molar-refractivity contribution in [2.45, 2.75) is 40.0 Å². The lowest BCUT2D eigenvalue weighted by molar-refractivity contribution is 0.770. The number of aryl methyl sites for hydroxylation is 3. The summed E-state index contributed by atoms with van der Waals surface area (Å²) >= 11 is 1.70. The van der Waals surface area contributed by atoms with Crippen LogP contribution in [0.2, 0.25) is 0 Å². The quantitative estimate of drug-likeness (QED) is 0.185. The molecule has 3 aromatic rings. The van der Waals surface area contributed by atoms with Gasteiger partial charge in [-0.25, -0.2) is 9.67 Å². The smallest absolute Gasteiger partial charge is 0.191 e. The Labute approximate surface area is 200 Å². The molecule has 0 fully saturated rings. The fourth-order valence-electron chi connectivity index (χ4n) is 3.09. The Kier molecular flexibility index (Phi) is 10.3. The van der Waals surface area contributed by atoms with Gasteiger partial charge in [-0.15, -0.1) is 35.3 Å². The van der Waals surface area contributed by atoms with E-state index in [-0.39, 0.29) is 24.0 Å². The third-order valence-electron chi connectivity index (χ3n) is 4.58. The summed E-state index contributed by atoms with van der Waals surface area (Å²) in [6.07, 6.45) is 5.00. The van der Waals surface area contributed by atoms with Gasteiger partial charge in [0.25, 0.3) is 0 Å². The van der Waals surface area contributed by atoms with Crippen LogP contribution in [0.1, 0.15) is 35.3 Å². The molecule has 0 atom stereocenters. The Morgan fingerprint density at radius 3 is 2.63 bits per heavy atom. The second kappa shape index (κ2) is 12.7. The van der Waals surface area contributed by atoms with Crippen molar-refractivity contribution in [1.29, 1.82) is 0 Å². The summed E-state index contributed by atoms with van der Waals surface area (Å²) in [6, 6.07) is 10.2. The molecule has 1 aromatic carbocycles. The van der Waals surface area contributed by atoms with E-state index in [1.807, 2.05) is 29.8 Å². The number of halogens is 1. The van der Waals surface area contributed by atoms with Crippen LogP contribution >= 0.6 is 35.3 Å². The van der Waals surface area contributed by atoms with Gasteiger partial charge in [-0.05, 0) is 51.3 Å². The first-order chi connectivity index (χ1) is 14.2. The molecule has 0 saturated carbocycles. The molecule has 0 aliphatic carbocycles. The number of thiazole rings is 1. The van der Waals surface area contributed by atoms with Crippen molar-refractivity contribution in [2.75, 3.05) is 19.6 Å². The number of hydrogen-bond donors (Lipinski definition) is 2. The predicted molar refractivity (Wildman–Crippen MR) is 137 cm³/mol. The SMILES string of the molecule is CCNC(=NCCCc1cn(-c2ccccc2)nc1C)NCCc1csc(C)n1.I. The maximum Gasteiger partial charge on any atom is 0.191 e. The zero-order valence-electron chi connectivity index (χ0n) is 17.9. The fourth-order valence-corrected chi connectivity index (χ4v) is 3.74. The summed E-state index contributed by atoms with van der Waals surface area (Å²) in [7, 11) is 0. The van der Waals surface area contributed by atoms with Crippen molar-refractivity contribution >= 4 is 41.3 Å². The number of para-hydroxylation sites is 1. The molecule has 2 N–H and O–H groups in total. The lowest BCUT2D eigenvalue weighted by atomic mass is 10.1. The summed E-state index contributed by atoms with van der Waals surface area (Å²) in [4.78, 5) is 9.21. The van der Waals surface area contributed by atoms with Crippen LogP contribution in [-0.4, -0.2) is 40.4 Å². The molecule has 6 nitrogen and oxygen atoms in total. The molecule has 2 heterocycles. The van der Waals surface area contributed by atoms with E-state index < -0.39 is 0 Å². The van der Waals surface area contributed by atoms with Gasteiger partial charge >= 0.3 is 0 Å². The van der Waals surface area contributed by atoms with Crippen LogP contribution in [0.25, 0.3) is 5.69 Å². The van der Waals surface area contributed by atoms with Gasteiger partial charge in [0, 0.05) is 37.6 Å². The lowest BCUT2D eigenvalue weighted by Gasteiger charge is -2.10. The lowest BCUT2D eigenvalue weighted by Crippen LogP contribution is -2.38. The standard InChI is InChI=1S/C22H30N6S.HI/c1-4-23-22(25-14-12-20-16-29-18(3)26-20)24-13-8-9-19-15-28(27-17(19)2)21-10-6-5-7-11-21;/h5-7,10-11,15-16H,4,8-9,12-14H2,1-3H3,(H2,23,24,25);1H. The second-order valence-electron chi connectivity index (χ2n) is 6.92. The van der Waals surface area contributed by atoms with E-state index in [2.05, 4.69) is 58.3 Å². The number of aliphatic imine (C=N–C) groups is 1. The van der Waals surface area contributed by atoms with E-state index in [1.165, 1.54) is 5.56 Å². The van der Waals surface area contributed by atoms with Gasteiger partial charge in [-0.3, -0.25) is 4.99 Å². The number of nitrogens with one attached hydrogen (secondary N) is 2. The topological polar surface area (TPSA) is 67.1 Å². The van der Waals surface area contributed by atoms with Crippen molar-refractivity contribution < 1.29 is 0 Å². The fraction of sp³-hybridized carbons (Fsp3) is 0.409. The number of hydrogen-bond acceptors (Lipinski definition) is 4. The summed E-state index contributed by atoms with van der Waals surface area (Å²) in [5, 5.41) is 14.6. The number of aromatic nitrogens is 3. The van der Waals surface area contributed by atoms with Gasteiger partial charge < -0.3 is 10.6 Å². The van der Waals surface area contributed by atoms with Crippen LogP contribution in [0.5, 0.6) is 0 Å². The maximum absolute atomic E-state index is 4.71. The third-order valence-corrected chi connectivity index (χ3v) is 5.40. The van der Waals surface area contributed by atoms with E-state index in [1.54, 1.807) is 11.3 Å². The summed E-state index contributed by atoms with van der Waals surface area (Å²) in [6.45, 7) is 8.66. The Morgan fingerprint density at radius 1 is 1.13 bits per heavy atom. The van der Waals surface area contributed by atoms with Crippen molar-refractivity contribution in [2.24, 2.45) is 4.99 Å². The first kappa shape index (κ1) is 24.3. The van der Waals surface area contributed by atoms with Crippen LogP contribution < -0.4 is 10.6 Å². The first-order valence-corrected chi connectivity index (χ1v) is 11.1. The molecule has 8 heteroatoms. The van der Waals surface area contributed by atoms with Crippen LogP contribution in [0.3, 0.4) is 0 Å². The molecule has 3 rings (SSSR count). The van der Waals surface area contributed by atoms with Crippen molar-refractivity contribution in [1.82, 2.24) is 25.4 Å². The van der Waals surface area contributed by atoms with Crippen molar-refractivity contribution in [3.63, 3.8) is 0 Å². The van der Waals surface area contributed by atoms with E-state index in [4.69, 9.17) is 4.99 Å². The minimum Gasteiger partial charge on any atom is -0.357 e. The monoisotopic (exact) mass is 538 g/mol. The second-order valence-corrected chi connectivity index (χ2v) is 7.98. The van der Waals surface area contributed by atoms with Gasteiger partial charge in [-0.2, -0.15) is 5.10 Å². The molecule has 0 aliphatic rings. The molecule has 2 aromatic heterocycles. The Morgan fingerprint density at radius 2 is 1.93 bits per heavy atom. The highest BCUT2D eigenvalue weighted by atomic mass is 127. The zero-order valence-corrected chi connectivity index (χ0v) is 21.0. The summed E-state index contributed by atoms with van der Waals surface area (Å²) < 4.78 is 1.96. The van der Waals surface area contributed by atoms with Gasteiger partial charge in [0.05, 0.1) is 22.1 Å².